The molecule has 0 bridgehead atoms. The molecule has 7 rings (SSSR count). The van der Waals surface area contributed by atoms with Crippen LogP contribution in [0, 0.1) is 0 Å². The van der Waals surface area contributed by atoms with Crippen LogP contribution in [0.3, 0.4) is 0 Å². The average molecular weight is 825 g/mol. The number of furan rings is 1. The zero-order valence-corrected chi connectivity index (χ0v) is 32.6. The number of hydrogen-bond donors (Lipinski definition) is 4. The van der Waals surface area contributed by atoms with Gasteiger partial charge in [-0.25, -0.2) is 4.98 Å². The van der Waals surface area contributed by atoms with Gasteiger partial charge in [0.05, 0.1) is 24.0 Å². The standard InChI is InChI=1S/C41H44ClF3N6O7/c1-39(2,37-47-22-33(58-37)25-10-12-27(42)13-11-25)51-18-17-50(16-6-5-9-34(53)49-35-29-7-3-4-8-31(29)56-23-30(35)52)40(38(51)55,36(54)48-24-41(43,44)45)20-28-19-26-14-15-46-21-32(26)57-28/h3-4,7-8,10-15,19,21-22,30,35,38,52,55H,5-6,9,16-18,20,23-24H2,1-2H3,(H,48,54)(H,49,53)/t30-,35+,38+,40-/m1/s1. The first-order valence-electron chi connectivity index (χ1n) is 18.9. The lowest BCUT2D eigenvalue weighted by atomic mass is 9.82. The summed E-state index contributed by atoms with van der Waals surface area (Å²) >= 11 is 6.08. The first-order valence-corrected chi connectivity index (χ1v) is 19.3. The maximum Gasteiger partial charge on any atom is 0.405 e. The second kappa shape index (κ2) is 16.7. The van der Waals surface area contributed by atoms with Crippen LogP contribution >= 0.6 is 11.6 Å². The van der Waals surface area contributed by atoms with Gasteiger partial charge in [0.1, 0.15) is 42.5 Å². The third kappa shape index (κ3) is 8.57. The molecule has 5 aromatic rings. The maximum absolute atomic E-state index is 14.5. The Morgan fingerprint density at radius 2 is 1.79 bits per heavy atom. The van der Waals surface area contributed by atoms with Gasteiger partial charge in [-0.3, -0.25) is 24.4 Å². The molecule has 1 fully saturated rings. The fourth-order valence-corrected chi connectivity index (χ4v) is 7.95. The van der Waals surface area contributed by atoms with Gasteiger partial charge < -0.3 is 34.4 Å². The first-order chi connectivity index (χ1) is 27.7. The van der Waals surface area contributed by atoms with E-state index in [4.69, 9.17) is 25.2 Å². The minimum atomic E-state index is -4.74. The Balaban J connectivity index is 1.16. The van der Waals surface area contributed by atoms with Crippen LogP contribution in [-0.2, 0) is 21.5 Å². The van der Waals surface area contributed by atoms with Crippen molar-refractivity contribution in [3.63, 3.8) is 0 Å². The predicted molar refractivity (Wildman–Crippen MR) is 206 cm³/mol. The molecule has 4 N–H and O–H groups in total. The van der Waals surface area contributed by atoms with Gasteiger partial charge in [-0.2, -0.15) is 13.2 Å². The van der Waals surface area contributed by atoms with E-state index in [9.17, 15) is 33.0 Å². The summed E-state index contributed by atoms with van der Waals surface area (Å²) in [7, 11) is 0. The highest BCUT2D eigenvalue weighted by molar-refractivity contribution is 6.30. The molecule has 0 spiro atoms. The fourth-order valence-electron chi connectivity index (χ4n) is 7.82. The van der Waals surface area contributed by atoms with E-state index in [1.165, 1.54) is 12.4 Å². The molecule has 4 atom stereocenters. The van der Waals surface area contributed by atoms with Gasteiger partial charge in [0.25, 0.3) is 0 Å². The number of halogens is 4. The molecule has 3 aromatic heterocycles. The molecule has 13 nitrogen and oxygen atoms in total. The Hall–Kier alpha value is -5.00. The SMILES string of the molecule is CC(C)(c1ncc(-c2ccc(Cl)cc2)o1)N1CCN(CCCCC(=O)N[C@H]2c3ccccc3OC[C@H]2O)[C@](Cc2cc3ccncc3o2)(C(=O)NCC(F)(F)F)[C@@H]1O. The van der Waals surface area contributed by atoms with E-state index in [0.29, 0.717) is 51.5 Å². The minimum absolute atomic E-state index is 0.0206. The molecule has 17 heteroatoms. The smallest absolute Gasteiger partial charge is 0.405 e. The van der Waals surface area contributed by atoms with Crippen LogP contribution in [0.15, 0.2) is 88.1 Å². The van der Waals surface area contributed by atoms with Gasteiger partial charge in [-0.05, 0) is 75.7 Å². The number of aromatic nitrogens is 2. The van der Waals surface area contributed by atoms with Crippen molar-refractivity contribution in [3.8, 4) is 17.1 Å². The van der Waals surface area contributed by atoms with Gasteiger partial charge in [0, 0.05) is 53.7 Å². The number of carbonyl (C=O) groups is 2. The Morgan fingerprint density at radius 3 is 2.55 bits per heavy atom. The molecule has 58 heavy (non-hydrogen) atoms. The van der Waals surface area contributed by atoms with E-state index >= 15 is 0 Å². The second-order valence-corrected chi connectivity index (χ2v) is 15.5. The second-order valence-electron chi connectivity index (χ2n) is 15.1. The van der Waals surface area contributed by atoms with Crippen molar-refractivity contribution in [2.75, 3.05) is 32.8 Å². The van der Waals surface area contributed by atoms with E-state index < -0.39 is 48.1 Å². The number of oxazole rings is 1. The van der Waals surface area contributed by atoms with Crippen molar-refractivity contribution in [1.29, 1.82) is 0 Å². The quantitative estimate of drug-likeness (QED) is 0.107. The number of carbonyl (C=O) groups excluding carboxylic acids is 2. The summed E-state index contributed by atoms with van der Waals surface area (Å²) < 4.78 is 59.0. The molecular weight excluding hydrogens is 781 g/mol. The van der Waals surface area contributed by atoms with Crippen molar-refractivity contribution in [2.45, 2.75) is 75.2 Å². The molecule has 2 aromatic carbocycles. The molecule has 0 unspecified atom stereocenters. The number of fused-ring (bicyclic) bond motifs is 2. The Labute approximate surface area is 337 Å². The van der Waals surface area contributed by atoms with E-state index in [0.717, 1.165) is 0 Å². The normalized spacial score (nSPS) is 21.7. The van der Waals surface area contributed by atoms with Crippen LogP contribution in [-0.4, -0.2) is 98.6 Å². The third-order valence-electron chi connectivity index (χ3n) is 10.9. The highest BCUT2D eigenvalue weighted by Crippen LogP contribution is 2.41. The number of aliphatic hydroxyl groups excluding tert-OH is 2. The number of alkyl halides is 3. The largest absolute Gasteiger partial charge is 0.490 e. The van der Waals surface area contributed by atoms with Crippen LogP contribution in [0.5, 0.6) is 5.75 Å². The monoisotopic (exact) mass is 824 g/mol. The van der Waals surface area contributed by atoms with Gasteiger partial charge >= 0.3 is 6.18 Å². The van der Waals surface area contributed by atoms with Crippen molar-refractivity contribution >= 4 is 34.4 Å². The molecule has 0 saturated carbocycles. The molecule has 2 aliphatic heterocycles. The van der Waals surface area contributed by atoms with Crippen molar-refractivity contribution in [1.82, 2.24) is 30.4 Å². The average Bonchev–Trinajstić information content (AvgIpc) is 3.86. The summed E-state index contributed by atoms with van der Waals surface area (Å²) in [5.41, 5.74) is -1.46. The van der Waals surface area contributed by atoms with Gasteiger partial charge in [-0.1, -0.05) is 29.8 Å². The van der Waals surface area contributed by atoms with Crippen LogP contribution in [0.4, 0.5) is 13.2 Å². The number of rotatable bonds is 13. The van der Waals surface area contributed by atoms with Crippen LogP contribution < -0.4 is 15.4 Å². The molecule has 0 radical (unpaired) electrons. The lowest BCUT2D eigenvalue weighted by Crippen LogP contribution is -2.76. The number of ether oxygens (including phenoxy) is 1. The number of nitrogens with one attached hydrogen (secondary N) is 2. The molecule has 5 heterocycles. The summed E-state index contributed by atoms with van der Waals surface area (Å²) in [5, 5.41) is 29.3. The Morgan fingerprint density at radius 1 is 1.02 bits per heavy atom. The van der Waals surface area contributed by atoms with E-state index in [1.54, 1.807) is 90.5 Å². The number of benzene rings is 2. The lowest BCUT2D eigenvalue weighted by Gasteiger charge is -2.55. The highest BCUT2D eigenvalue weighted by Gasteiger charge is 2.58. The molecular formula is C41H44ClF3N6O7. The number of nitrogens with zero attached hydrogens (tertiary/aromatic N) is 4. The van der Waals surface area contributed by atoms with E-state index in [2.05, 4.69) is 20.6 Å². The fraction of sp³-hybridized carbons (Fsp3) is 0.415. The highest BCUT2D eigenvalue weighted by atomic mass is 35.5. The first kappa shape index (κ1) is 41.2. The summed E-state index contributed by atoms with van der Waals surface area (Å²) in [5.74, 6) is 0.0661. The lowest BCUT2D eigenvalue weighted by molar-refractivity contribution is -0.197. The third-order valence-corrected chi connectivity index (χ3v) is 11.1. The van der Waals surface area contributed by atoms with Crippen molar-refractivity contribution in [3.05, 3.63) is 101 Å². The molecule has 2 aliphatic rings. The van der Waals surface area contributed by atoms with Crippen molar-refractivity contribution in [2.24, 2.45) is 0 Å². The van der Waals surface area contributed by atoms with E-state index in [1.807, 2.05) is 0 Å². The molecule has 2 amide bonds. The number of hydrogen-bond acceptors (Lipinski definition) is 11. The molecule has 0 aliphatic carbocycles. The summed E-state index contributed by atoms with van der Waals surface area (Å²) in [6, 6.07) is 16.8. The van der Waals surface area contributed by atoms with Gasteiger partial charge in [-0.15, -0.1) is 0 Å². The number of amides is 2. The number of aliphatic hydroxyl groups is 2. The van der Waals surface area contributed by atoms with Crippen LogP contribution in [0.1, 0.15) is 56.4 Å². The zero-order valence-electron chi connectivity index (χ0n) is 31.8. The minimum Gasteiger partial charge on any atom is -0.490 e. The predicted octanol–water partition coefficient (Wildman–Crippen LogP) is 5.75. The number of pyridine rings is 1. The van der Waals surface area contributed by atoms with Gasteiger partial charge in [0.15, 0.2) is 11.3 Å². The number of unbranched alkanes of at least 4 members (excludes halogenated alkanes) is 1. The van der Waals surface area contributed by atoms with Crippen LogP contribution in [0.25, 0.3) is 22.3 Å². The van der Waals surface area contributed by atoms with Gasteiger partial charge in [0.2, 0.25) is 17.7 Å². The topological polar surface area (TPSA) is 166 Å². The Kier molecular flexibility index (Phi) is 11.9. The number of piperazine rings is 1. The maximum atomic E-state index is 14.5. The summed E-state index contributed by atoms with van der Waals surface area (Å²) in [4.78, 5) is 39.5. The van der Waals surface area contributed by atoms with E-state index in [-0.39, 0.29) is 56.6 Å². The molecule has 308 valence electrons. The zero-order chi connectivity index (χ0) is 41.2. The van der Waals surface area contributed by atoms with Crippen LogP contribution in [0.2, 0.25) is 5.02 Å². The Bertz CT molecular complexity index is 2200. The summed E-state index contributed by atoms with van der Waals surface area (Å²) in [6.45, 7) is 2.31. The molecule has 1 saturated heterocycles. The van der Waals surface area contributed by atoms with Crippen molar-refractivity contribution < 1.29 is 46.5 Å². The summed E-state index contributed by atoms with van der Waals surface area (Å²) in [6.07, 6.45) is -2.43. The number of para-hydroxylation sites is 1.